The van der Waals surface area contributed by atoms with E-state index in [0.29, 0.717) is 0 Å². The fraction of sp³-hybridized carbons (Fsp3) is 1.00. The van der Waals surface area contributed by atoms with Crippen molar-refractivity contribution in [2.75, 3.05) is 25.7 Å². The van der Waals surface area contributed by atoms with E-state index in [9.17, 15) is 0 Å². The maximum absolute atomic E-state index is 4.03. The molecule has 0 aromatic carbocycles. The first-order chi connectivity index (χ1) is 8.39. The Balaban J connectivity index is 3.27. The van der Waals surface area contributed by atoms with Crippen molar-refractivity contribution in [3.63, 3.8) is 0 Å². The van der Waals surface area contributed by atoms with E-state index in [0.717, 1.165) is 0 Å². The monoisotopic (exact) mass is 338 g/mol. The van der Waals surface area contributed by atoms with Crippen LogP contribution in [0.5, 0.6) is 0 Å². The second-order valence-corrected chi connectivity index (χ2v) is 20.1. The topological polar surface area (TPSA) is 0 Å². The van der Waals surface area contributed by atoms with Crippen molar-refractivity contribution in [1.82, 2.24) is 0 Å². The molecule has 112 valence electrons. The summed E-state index contributed by atoms with van der Waals surface area (Å²) in [5, 5.41) is -1.42. The molecular formula is C16H36BrP. The predicted octanol–water partition coefficient (Wildman–Crippen LogP) is 7.05. The summed E-state index contributed by atoms with van der Waals surface area (Å²) in [6, 6.07) is 0. The molecular weight excluding hydrogens is 303 g/mol. The number of hydrogen-bond donors (Lipinski definition) is 0. The third kappa shape index (κ3) is 12.0. The Hall–Kier alpha value is 0.910. The molecule has 0 atom stereocenters. The van der Waals surface area contributed by atoms with Crippen molar-refractivity contribution in [3.05, 3.63) is 0 Å². The van der Waals surface area contributed by atoms with Crippen LogP contribution in [-0.2, 0) is 0 Å². The van der Waals surface area contributed by atoms with Crippen LogP contribution in [0.3, 0.4) is 0 Å². The van der Waals surface area contributed by atoms with Gasteiger partial charge >= 0.3 is 125 Å². The summed E-state index contributed by atoms with van der Waals surface area (Å²) >= 11 is 4.03. The Morgan fingerprint density at radius 1 is 0.667 bits per heavy atom. The van der Waals surface area contributed by atoms with Crippen molar-refractivity contribution in [2.45, 2.75) is 78.1 Å². The number of hydrogen-bond acceptors (Lipinski definition) is 0. The van der Waals surface area contributed by atoms with Gasteiger partial charge in [0, 0.05) is 0 Å². The van der Waals surface area contributed by atoms with E-state index >= 15 is 0 Å². The third-order valence-electron chi connectivity index (χ3n) is 4.18. The van der Waals surface area contributed by atoms with Gasteiger partial charge in [0.1, 0.15) is 0 Å². The van der Waals surface area contributed by atoms with Gasteiger partial charge in [0.05, 0.1) is 0 Å². The van der Waals surface area contributed by atoms with Crippen molar-refractivity contribution in [2.24, 2.45) is 0 Å². The molecule has 18 heavy (non-hydrogen) atoms. The zero-order valence-electron chi connectivity index (χ0n) is 13.3. The van der Waals surface area contributed by atoms with Crippen molar-refractivity contribution >= 4 is 20.8 Å². The molecule has 0 fully saturated rings. The van der Waals surface area contributed by atoms with Crippen LogP contribution in [0.1, 0.15) is 78.1 Å². The Bertz CT molecular complexity index is 193. The molecule has 0 rings (SSSR count). The SMILES string of the molecule is CCCCCCCCCCCCP(C)(C)(Br)CC. The summed E-state index contributed by atoms with van der Waals surface area (Å²) in [5.41, 5.74) is 0. The number of halogens is 1. The van der Waals surface area contributed by atoms with Crippen LogP contribution < -0.4 is 0 Å². The molecule has 0 bridgehead atoms. The van der Waals surface area contributed by atoms with E-state index in [1.54, 1.807) is 0 Å². The maximum atomic E-state index is 4.03. The van der Waals surface area contributed by atoms with Crippen LogP contribution in [0.25, 0.3) is 0 Å². The normalized spacial score (nSPS) is 14.4. The minimum atomic E-state index is -1.42. The molecule has 0 aliphatic heterocycles. The zero-order valence-corrected chi connectivity index (χ0v) is 15.8. The van der Waals surface area contributed by atoms with E-state index in [1.165, 1.54) is 76.5 Å². The van der Waals surface area contributed by atoms with Gasteiger partial charge in [0.25, 0.3) is 0 Å². The Morgan fingerprint density at radius 3 is 1.44 bits per heavy atom. The molecule has 0 unspecified atom stereocenters. The molecule has 0 aromatic rings. The first kappa shape index (κ1) is 18.9. The van der Waals surface area contributed by atoms with Crippen LogP contribution in [0.2, 0.25) is 0 Å². The average Bonchev–Trinajstić information content (AvgIpc) is 2.31. The predicted molar refractivity (Wildman–Crippen MR) is 94.9 cm³/mol. The van der Waals surface area contributed by atoms with Gasteiger partial charge in [-0.15, -0.1) is 0 Å². The van der Waals surface area contributed by atoms with Gasteiger partial charge in [-0.25, -0.2) is 0 Å². The number of rotatable bonds is 12. The van der Waals surface area contributed by atoms with Gasteiger partial charge in [-0.2, -0.15) is 0 Å². The van der Waals surface area contributed by atoms with Gasteiger partial charge in [0.15, 0.2) is 0 Å². The second kappa shape index (κ2) is 9.76. The van der Waals surface area contributed by atoms with Crippen LogP contribution in [-0.4, -0.2) is 25.7 Å². The minimum absolute atomic E-state index is 1.34. The van der Waals surface area contributed by atoms with Gasteiger partial charge in [-0.1, -0.05) is 0 Å². The molecule has 0 nitrogen and oxygen atoms in total. The summed E-state index contributed by atoms with van der Waals surface area (Å²) in [5.74, 6) is 0. The molecule has 0 amide bonds. The molecule has 0 saturated carbocycles. The molecule has 0 heterocycles. The quantitative estimate of drug-likeness (QED) is 0.264. The Labute approximate surface area is 124 Å². The van der Waals surface area contributed by atoms with E-state index in [2.05, 4.69) is 42.7 Å². The fourth-order valence-electron chi connectivity index (χ4n) is 2.25. The van der Waals surface area contributed by atoms with Gasteiger partial charge < -0.3 is 0 Å². The Kier molecular flexibility index (Phi) is 10.3. The number of unbranched alkanes of at least 4 members (excludes halogenated alkanes) is 9. The van der Waals surface area contributed by atoms with Gasteiger partial charge in [-0.05, 0) is 0 Å². The average molecular weight is 339 g/mol. The van der Waals surface area contributed by atoms with Crippen molar-refractivity contribution in [1.29, 1.82) is 0 Å². The third-order valence-corrected chi connectivity index (χ3v) is 10.4. The van der Waals surface area contributed by atoms with Crippen LogP contribution in [0.4, 0.5) is 0 Å². The summed E-state index contributed by atoms with van der Waals surface area (Å²) < 4.78 is 0. The molecule has 0 aromatic heterocycles. The van der Waals surface area contributed by atoms with E-state index in [4.69, 9.17) is 0 Å². The second-order valence-electron chi connectivity index (χ2n) is 6.73. The van der Waals surface area contributed by atoms with Crippen LogP contribution in [0.15, 0.2) is 0 Å². The van der Waals surface area contributed by atoms with Gasteiger partial charge in [0.2, 0.25) is 0 Å². The van der Waals surface area contributed by atoms with Gasteiger partial charge in [-0.3, -0.25) is 0 Å². The first-order valence-corrected chi connectivity index (χ1v) is 13.6. The molecule has 0 N–H and O–H groups in total. The van der Waals surface area contributed by atoms with E-state index < -0.39 is 5.31 Å². The molecule has 2 heteroatoms. The molecule has 0 spiro atoms. The standard InChI is InChI=1S/C16H36BrP/c1-5-7-8-9-10-11-12-13-14-15-16-18(3,4,17)6-2/h5-16H2,1-4H3. The molecule has 0 aliphatic rings. The van der Waals surface area contributed by atoms with Crippen molar-refractivity contribution in [3.8, 4) is 0 Å². The van der Waals surface area contributed by atoms with E-state index in [-0.39, 0.29) is 0 Å². The summed E-state index contributed by atoms with van der Waals surface area (Å²) in [6.45, 7) is 9.57. The summed E-state index contributed by atoms with van der Waals surface area (Å²) in [6.07, 6.45) is 17.2. The van der Waals surface area contributed by atoms with Crippen LogP contribution >= 0.6 is 20.8 Å². The van der Waals surface area contributed by atoms with Crippen molar-refractivity contribution < 1.29 is 0 Å². The fourth-order valence-corrected chi connectivity index (χ4v) is 4.51. The Morgan fingerprint density at radius 2 is 1.06 bits per heavy atom. The molecule has 0 aliphatic carbocycles. The van der Waals surface area contributed by atoms with E-state index in [1.807, 2.05) is 0 Å². The molecule has 0 saturated heterocycles. The first-order valence-electron chi connectivity index (χ1n) is 8.11. The molecule has 0 radical (unpaired) electrons. The summed E-state index contributed by atoms with van der Waals surface area (Å²) in [4.78, 5) is 0. The van der Waals surface area contributed by atoms with Crippen LogP contribution in [0, 0.1) is 0 Å². The summed E-state index contributed by atoms with van der Waals surface area (Å²) in [7, 11) is 0. The zero-order chi connectivity index (χ0) is 13.9.